The van der Waals surface area contributed by atoms with Crippen LogP contribution in [0.5, 0.6) is 0 Å². The lowest BCUT2D eigenvalue weighted by Gasteiger charge is -2.19. The van der Waals surface area contributed by atoms with Gasteiger partial charge in [0.1, 0.15) is 0 Å². The fourth-order valence-electron chi connectivity index (χ4n) is 9.13. The van der Waals surface area contributed by atoms with Crippen LogP contribution in [0.1, 0.15) is 309 Å². The molecule has 0 saturated heterocycles. The first-order chi connectivity index (χ1) is 33.7. The lowest BCUT2D eigenvalue weighted by Crippen LogP contribution is -2.45. The van der Waals surface area contributed by atoms with Gasteiger partial charge in [0, 0.05) is 6.42 Å². The summed E-state index contributed by atoms with van der Waals surface area (Å²) in [5, 5.41) is 23.1. The molecule has 0 fully saturated rings. The van der Waals surface area contributed by atoms with E-state index in [1.165, 1.54) is 231 Å². The van der Waals surface area contributed by atoms with E-state index >= 15 is 0 Å². The van der Waals surface area contributed by atoms with Crippen molar-refractivity contribution >= 4 is 5.91 Å². The van der Waals surface area contributed by atoms with Gasteiger partial charge in [-0.15, -0.1) is 0 Å². The van der Waals surface area contributed by atoms with Crippen LogP contribution in [0.25, 0.3) is 0 Å². The fourth-order valence-corrected chi connectivity index (χ4v) is 9.13. The third-order valence-electron chi connectivity index (χ3n) is 13.7. The quantitative estimate of drug-likeness (QED) is 0.0420. The molecule has 0 aromatic rings. The molecule has 0 bridgehead atoms. The van der Waals surface area contributed by atoms with Crippen molar-refractivity contribution in [2.75, 3.05) is 6.61 Å². The SMILES string of the molecule is CC/C=C\C/C=C\C/C=C\C/C=C\CCCCCCCCCCCCCCCCCCCCCCCCCCCCC(=O)NC(CO)C(O)/C=C/CC/C=C/CCCCCCCCCCCCC. The highest BCUT2D eigenvalue weighted by molar-refractivity contribution is 5.76. The average molecular weight is 949 g/mol. The van der Waals surface area contributed by atoms with Crippen molar-refractivity contribution in [1.29, 1.82) is 0 Å². The van der Waals surface area contributed by atoms with Gasteiger partial charge in [0.2, 0.25) is 5.91 Å². The van der Waals surface area contributed by atoms with Gasteiger partial charge in [0.15, 0.2) is 0 Å². The molecule has 3 N–H and O–H groups in total. The van der Waals surface area contributed by atoms with E-state index < -0.39 is 12.1 Å². The Kier molecular flexibility index (Phi) is 57.3. The fraction of sp³-hybridized carbons (Fsp3) is 0.797. The van der Waals surface area contributed by atoms with Crippen molar-refractivity contribution in [2.45, 2.75) is 321 Å². The van der Waals surface area contributed by atoms with Gasteiger partial charge in [-0.3, -0.25) is 4.79 Å². The summed E-state index contributed by atoms with van der Waals surface area (Å²) in [4.78, 5) is 12.5. The number of hydrogen-bond acceptors (Lipinski definition) is 3. The Labute approximate surface area is 425 Å². The number of amides is 1. The molecule has 2 unspecified atom stereocenters. The van der Waals surface area contributed by atoms with Gasteiger partial charge in [-0.1, -0.05) is 305 Å². The molecule has 68 heavy (non-hydrogen) atoms. The van der Waals surface area contributed by atoms with E-state index in [2.05, 4.69) is 79.9 Å². The molecule has 2 atom stereocenters. The van der Waals surface area contributed by atoms with E-state index in [0.29, 0.717) is 6.42 Å². The zero-order valence-corrected chi connectivity index (χ0v) is 45.6. The smallest absolute Gasteiger partial charge is 0.220 e. The molecule has 0 rings (SSSR count). The maximum Gasteiger partial charge on any atom is 0.220 e. The van der Waals surface area contributed by atoms with Gasteiger partial charge >= 0.3 is 0 Å². The van der Waals surface area contributed by atoms with Crippen LogP contribution in [0, 0.1) is 0 Å². The van der Waals surface area contributed by atoms with Gasteiger partial charge in [-0.05, 0) is 70.6 Å². The minimum absolute atomic E-state index is 0.0697. The van der Waals surface area contributed by atoms with Crippen LogP contribution >= 0.6 is 0 Å². The van der Waals surface area contributed by atoms with E-state index in [-0.39, 0.29) is 12.5 Å². The summed E-state index contributed by atoms with van der Waals surface area (Å²) < 4.78 is 0. The highest BCUT2D eigenvalue weighted by atomic mass is 16.3. The molecule has 4 heteroatoms. The molecule has 0 heterocycles. The first-order valence-corrected chi connectivity index (χ1v) is 30.2. The van der Waals surface area contributed by atoms with Crippen LogP contribution < -0.4 is 5.32 Å². The van der Waals surface area contributed by atoms with Crippen molar-refractivity contribution < 1.29 is 15.0 Å². The molecule has 1 amide bonds. The molecule has 0 aromatic carbocycles. The van der Waals surface area contributed by atoms with E-state index in [4.69, 9.17) is 0 Å². The van der Waals surface area contributed by atoms with Gasteiger partial charge in [-0.2, -0.15) is 0 Å². The largest absolute Gasteiger partial charge is 0.394 e. The topological polar surface area (TPSA) is 69.6 Å². The number of rotatable bonds is 55. The molecule has 0 aliphatic heterocycles. The minimum Gasteiger partial charge on any atom is -0.394 e. The van der Waals surface area contributed by atoms with Crippen LogP contribution in [-0.4, -0.2) is 34.9 Å². The summed E-state index contributed by atoms with van der Waals surface area (Å²) in [6.07, 6.45) is 85.2. The maximum atomic E-state index is 12.5. The highest BCUT2D eigenvalue weighted by Crippen LogP contribution is 2.17. The Hall–Kier alpha value is -2.17. The Morgan fingerprint density at radius 1 is 0.368 bits per heavy atom. The number of unbranched alkanes of at least 4 members (excludes halogenated alkanes) is 38. The summed E-state index contributed by atoms with van der Waals surface area (Å²) in [5.41, 5.74) is 0. The molecular formula is C64H117NO3. The number of carbonyl (C=O) groups excluding carboxylic acids is 1. The van der Waals surface area contributed by atoms with Crippen LogP contribution in [0.4, 0.5) is 0 Å². The second-order valence-electron chi connectivity index (χ2n) is 20.4. The molecule has 0 spiro atoms. The third-order valence-corrected chi connectivity index (χ3v) is 13.7. The Morgan fingerprint density at radius 2 is 0.662 bits per heavy atom. The number of allylic oxidation sites excluding steroid dienone is 11. The normalized spacial score (nSPS) is 13.3. The monoisotopic (exact) mass is 948 g/mol. The molecule has 0 radical (unpaired) electrons. The van der Waals surface area contributed by atoms with Crippen LogP contribution in [0.3, 0.4) is 0 Å². The second-order valence-corrected chi connectivity index (χ2v) is 20.4. The van der Waals surface area contributed by atoms with E-state index in [1.807, 2.05) is 6.08 Å². The lowest BCUT2D eigenvalue weighted by atomic mass is 10.0. The van der Waals surface area contributed by atoms with Crippen molar-refractivity contribution in [1.82, 2.24) is 5.32 Å². The molecule has 4 nitrogen and oxygen atoms in total. The minimum atomic E-state index is -0.862. The standard InChI is InChI=1S/C64H117NO3/c1-3-5-7-9-11-13-15-17-19-21-22-23-24-25-26-27-28-29-30-31-32-33-34-35-36-37-38-39-40-41-42-44-46-48-50-52-54-56-58-60-64(68)65-62(61-66)63(67)59-57-55-53-51-49-47-45-43-20-18-16-14-12-10-8-6-4-2/h5,7,11,13,17,19,22-23,49,51,57,59,62-63,66-67H,3-4,6,8-10,12,14-16,18,20-21,24-48,50,52-56,58,60-61H2,1-2H3,(H,65,68)/b7-5-,13-11-,19-17-,23-22-,51-49+,59-57+. The predicted octanol–water partition coefficient (Wildman–Crippen LogP) is 20.1. The molecule has 0 saturated carbocycles. The van der Waals surface area contributed by atoms with E-state index in [1.54, 1.807) is 6.08 Å². The van der Waals surface area contributed by atoms with Gasteiger partial charge < -0.3 is 15.5 Å². The molecule has 396 valence electrons. The summed E-state index contributed by atoms with van der Waals surface area (Å²) >= 11 is 0. The first-order valence-electron chi connectivity index (χ1n) is 30.2. The van der Waals surface area contributed by atoms with E-state index in [9.17, 15) is 15.0 Å². The number of nitrogens with one attached hydrogen (secondary N) is 1. The lowest BCUT2D eigenvalue weighted by molar-refractivity contribution is -0.123. The summed E-state index contributed by atoms with van der Waals surface area (Å²) in [6, 6.07) is -0.639. The summed E-state index contributed by atoms with van der Waals surface area (Å²) in [5.74, 6) is -0.0697. The Balaban J connectivity index is 3.43. The van der Waals surface area contributed by atoms with Gasteiger partial charge in [0.05, 0.1) is 18.8 Å². The molecular weight excluding hydrogens is 831 g/mol. The van der Waals surface area contributed by atoms with Gasteiger partial charge in [0.25, 0.3) is 0 Å². The number of hydrogen-bond donors (Lipinski definition) is 3. The number of aliphatic hydroxyl groups is 2. The van der Waals surface area contributed by atoms with Crippen molar-refractivity contribution in [3.63, 3.8) is 0 Å². The van der Waals surface area contributed by atoms with Crippen molar-refractivity contribution in [2.24, 2.45) is 0 Å². The van der Waals surface area contributed by atoms with Crippen molar-refractivity contribution in [3.8, 4) is 0 Å². The highest BCUT2D eigenvalue weighted by Gasteiger charge is 2.18. The predicted molar refractivity (Wildman–Crippen MR) is 304 cm³/mol. The van der Waals surface area contributed by atoms with Crippen molar-refractivity contribution in [3.05, 3.63) is 72.9 Å². The molecule has 0 aliphatic rings. The second kappa shape index (κ2) is 59.1. The summed E-state index contributed by atoms with van der Waals surface area (Å²) in [7, 11) is 0. The van der Waals surface area contributed by atoms with E-state index in [0.717, 1.165) is 57.8 Å². The number of carbonyl (C=O) groups is 1. The third kappa shape index (κ3) is 54.8. The maximum absolute atomic E-state index is 12.5. The Morgan fingerprint density at radius 3 is 1.03 bits per heavy atom. The zero-order valence-electron chi connectivity index (χ0n) is 45.6. The van der Waals surface area contributed by atoms with Crippen LogP contribution in [0.2, 0.25) is 0 Å². The van der Waals surface area contributed by atoms with Crippen LogP contribution in [-0.2, 0) is 4.79 Å². The first kappa shape index (κ1) is 65.8. The number of aliphatic hydroxyl groups excluding tert-OH is 2. The summed E-state index contributed by atoms with van der Waals surface area (Å²) in [6.45, 7) is 4.20. The average Bonchev–Trinajstić information content (AvgIpc) is 3.34. The zero-order chi connectivity index (χ0) is 49.2. The Bertz CT molecular complexity index is 1170. The van der Waals surface area contributed by atoms with Gasteiger partial charge in [-0.25, -0.2) is 0 Å². The van der Waals surface area contributed by atoms with Crippen LogP contribution in [0.15, 0.2) is 72.9 Å². The molecule has 0 aromatic heterocycles. The molecule has 0 aliphatic carbocycles.